The molecule has 0 spiro atoms. The number of rotatable bonds is 8. The van der Waals surface area contributed by atoms with Gasteiger partial charge in [0.25, 0.3) is 0 Å². The van der Waals surface area contributed by atoms with Gasteiger partial charge in [0.2, 0.25) is 0 Å². The maximum absolute atomic E-state index is 13.5. The Kier molecular flexibility index (Phi) is 6.82. The quantitative estimate of drug-likeness (QED) is 0.309. The topological polar surface area (TPSA) is 135 Å². The van der Waals surface area contributed by atoms with E-state index in [0.29, 0.717) is 34.6 Å². The molecule has 1 aliphatic heterocycles. The van der Waals surface area contributed by atoms with Gasteiger partial charge in [0, 0.05) is 37.0 Å². The fourth-order valence-corrected chi connectivity index (χ4v) is 4.64. The normalized spacial score (nSPS) is 17.9. The molecule has 1 fully saturated rings. The highest BCUT2D eigenvalue weighted by Gasteiger charge is 2.25. The Labute approximate surface area is 211 Å². The number of carbonyl (C=O) groups is 2. The molecule has 1 saturated heterocycles. The number of aromatic nitrogens is 5. The Hall–Kier alpha value is -3.60. The Morgan fingerprint density at radius 3 is 2.83 bits per heavy atom. The first-order valence-corrected chi connectivity index (χ1v) is 12.0. The first-order chi connectivity index (χ1) is 17.4. The van der Waals surface area contributed by atoms with Crippen molar-refractivity contribution >= 4 is 40.0 Å². The van der Waals surface area contributed by atoms with E-state index >= 15 is 0 Å². The number of ether oxygens (including phenoxy) is 1. The summed E-state index contributed by atoms with van der Waals surface area (Å²) in [6, 6.07) is 4.69. The van der Waals surface area contributed by atoms with Gasteiger partial charge in [-0.3, -0.25) is 14.3 Å². The summed E-state index contributed by atoms with van der Waals surface area (Å²) >= 11 is 6.48. The third-order valence-corrected chi connectivity index (χ3v) is 6.60. The molecule has 1 aliphatic rings. The fourth-order valence-electron chi connectivity index (χ4n) is 4.38. The first kappa shape index (κ1) is 24.1. The molecular formula is C25H25ClN6O4. The molecule has 10 nitrogen and oxygen atoms in total. The van der Waals surface area contributed by atoms with Crippen LogP contribution in [0.25, 0.3) is 11.0 Å². The minimum absolute atomic E-state index is 0.00442. The average Bonchev–Trinajstić information content (AvgIpc) is 3.50. The average molecular weight is 509 g/mol. The van der Waals surface area contributed by atoms with Gasteiger partial charge in [0.15, 0.2) is 11.6 Å². The van der Waals surface area contributed by atoms with E-state index in [1.165, 1.54) is 12.4 Å². The van der Waals surface area contributed by atoms with Crippen LogP contribution in [0.4, 0.5) is 5.82 Å². The predicted octanol–water partition coefficient (Wildman–Crippen LogP) is 2.95. The van der Waals surface area contributed by atoms with E-state index in [4.69, 9.17) is 16.3 Å². The number of H-pyrrole nitrogens is 1. The summed E-state index contributed by atoms with van der Waals surface area (Å²) in [5, 5.41) is 17.5. The zero-order chi connectivity index (χ0) is 25.2. The molecule has 4 aromatic rings. The number of aliphatic hydroxyl groups is 1. The maximum atomic E-state index is 13.5. The highest BCUT2D eigenvalue weighted by molar-refractivity contribution is 6.36. The smallest absolute Gasteiger partial charge is 0.196 e. The van der Waals surface area contributed by atoms with Crippen molar-refractivity contribution in [2.75, 3.05) is 18.5 Å². The van der Waals surface area contributed by atoms with Crippen molar-refractivity contribution in [3.05, 3.63) is 70.4 Å². The van der Waals surface area contributed by atoms with Crippen molar-refractivity contribution < 1.29 is 19.4 Å². The molecule has 0 radical (unpaired) electrons. The second-order valence-corrected chi connectivity index (χ2v) is 9.26. The first-order valence-electron chi connectivity index (χ1n) is 11.6. The molecule has 186 valence electrons. The number of aromatic amines is 1. The number of aliphatic hydroxyl groups excluding tert-OH is 1. The van der Waals surface area contributed by atoms with E-state index in [9.17, 15) is 14.7 Å². The van der Waals surface area contributed by atoms with Crippen molar-refractivity contribution in [1.82, 2.24) is 24.7 Å². The van der Waals surface area contributed by atoms with Gasteiger partial charge in [-0.1, -0.05) is 17.7 Å². The van der Waals surface area contributed by atoms with Crippen LogP contribution in [0.2, 0.25) is 5.02 Å². The van der Waals surface area contributed by atoms with Gasteiger partial charge in [-0.25, -0.2) is 9.97 Å². The van der Waals surface area contributed by atoms with Crippen LogP contribution in [0, 0.1) is 0 Å². The molecule has 0 bridgehead atoms. The predicted molar refractivity (Wildman–Crippen MR) is 133 cm³/mol. The van der Waals surface area contributed by atoms with E-state index in [0.717, 1.165) is 18.4 Å². The minimum atomic E-state index is -0.310. The lowest BCUT2D eigenvalue weighted by Gasteiger charge is -2.29. The molecule has 0 unspecified atom stereocenters. The Morgan fingerprint density at radius 1 is 1.28 bits per heavy atom. The summed E-state index contributed by atoms with van der Waals surface area (Å²) < 4.78 is 7.29. The molecule has 1 aromatic carbocycles. The number of halogens is 1. The fraction of sp³-hybridized carbons (Fsp3) is 0.320. The SMILES string of the molecule is Cn1cc(CC(=O)c2ccc(C(=O)c3c[nH]c4ncnc(N[C@@H]5CC[C@@H](CO)OC5)c34)c(Cl)c2)cn1. The molecule has 0 amide bonds. The van der Waals surface area contributed by atoms with Crippen molar-refractivity contribution in [1.29, 1.82) is 0 Å². The number of fused-ring (bicyclic) bond motifs is 1. The number of nitrogens with zero attached hydrogens (tertiary/aromatic N) is 4. The third kappa shape index (κ3) is 4.88. The van der Waals surface area contributed by atoms with E-state index in [-0.39, 0.29) is 47.3 Å². The van der Waals surface area contributed by atoms with Crippen LogP contribution in [0.15, 0.2) is 43.1 Å². The van der Waals surface area contributed by atoms with Crippen molar-refractivity contribution in [2.24, 2.45) is 7.05 Å². The molecule has 3 N–H and O–H groups in total. The highest BCUT2D eigenvalue weighted by atomic mass is 35.5. The number of benzene rings is 1. The number of hydrogen-bond acceptors (Lipinski definition) is 8. The van der Waals surface area contributed by atoms with Crippen LogP contribution in [0.5, 0.6) is 0 Å². The van der Waals surface area contributed by atoms with Crippen LogP contribution in [-0.2, 0) is 18.2 Å². The largest absolute Gasteiger partial charge is 0.394 e. The van der Waals surface area contributed by atoms with Crippen LogP contribution in [0.3, 0.4) is 0 Å². The van der Waals surface area contributed by atoms with E-state index in [1.54, 1.807) is 42.5 Å². The van der Waals surface area contributed by atoms with Crippen LogP contribution in [-0.4, -0.2) is 66.8 Å². The van der Waals surface area contributed by atoms with Crippen molar-refractivity contribution in [3.63, 3.8) is 0 Å². The number of nitrogens with one attached hydrogen (secondary N) is 2. The summed E-state index contributed by atoms with van der Waals surface area (Å²) in [6.45, 7) is 0.417. The van der Waals surface area contributed by atoms with Gasteiger partial charge in [-0.05, 0) is 30.5 Å². The monoisotopic (exact) mass is 508 g/mol. The molecule has 36 heavy (non-hydrogen) atoms. The second-order valence-electron chi connectivity index (χ2n) is 8.85. The number of Topliss-reactive ketones (excluding diaryl/α,β-unsaturated/α-hetero) is 1. The maximum Gasteiger partial charge on any atom is 0.196 e. The number of aryl methyl sites for hydroxylation is 1. The minimum Gasteiger partial charge on any atom is -0.394 e. The molecule has 3 aromatic heterocycles. The third-order valence-electron chi connectivity index (χ3n) is 6.29. The van der Waals surface area contributed by atoms with E-state index < -0.39 is 0 Å². The van der Waals surface area contributed by atoms with Crippen LogP contribution >= 0.6 is 11.6 Å². The summed E-state index contributed by atoms with van der Waals surface area (Å²) in [7, 11) is 1.79. The Balaban J connectivity index is 1.38. The van der Waals surface area contributed by atoms with Gasteiger partial charge in [0.05, 0.1) is 47.5 Å². The van der Waals surface area contributed by atoms with Gasteiger partial charge < -0.3 is 20.1 Å². The van der Waals surface area contributed by atoms with Crippen LogP contribution < -0.4 is 5.32 Å². The molecule has 0 aliphatic carbocycles. The molecule has 11 heteroatoms. The summed E-state index contributed by atoms with van der Waals surface area (Å²) in [6.07, 6.45) is 8.00. The number of hydrogen-bond donors (Lipinski definition) is 3. The summed E-state index contributed by atoms with van der Waals surface area (Å²) in [4.78, 5) is 37.9. The van der Waals surface area contributed by atoms with Gasteiger partial charge in [-0.2, -0.15) is 5.10 Å². The number of carbonyl (C=O) groups excluding carboxylic acids is 2. The van der Waals surface area contributed by atoms with E-state index in [1.807, 2.05) is 0 Å². The zero-order valence-electron chi connectivity index (χ0n) is 19.6. The molecule has 5 rings (SSSR count). The molecule has 2 atom stereocenters. The molecule has 4 heterocycles. The molecular weight excluding hydrogens is 484 g/mol. The van der Waals surface area contributed by atoms with Crippen molar-refractivity contribution in [2.45, 2.75) is 31.4 Å². The van der Waals surface area contributed by atoms with Gasteiger partial charge >= 0.3 is 0 Å². The summed E-state index contributed by atoms with van der Waals surface area (Å²) in [5.41, 5.74) is 2.38. The lowest BCUT2D eigenvalue weighted by molar-refractivity contribution is -0.0224. The van der Waals surface area contributed by atoms with E-state index in [2.05, 4.69) is 25.4 Å². The summed E-state index contributed by atoms with van der Waals surface area (Å²) in [5.74, 6) is 0.0876. The zero-order valence-corrected chi connectivity index (χ0v) is 20.3. The molecule has 0 saturated carbocycles. The second kappa shape index (κ2) is 10.2. The van der Waals surface area contributed by atoms with Crippen LogP contribution in [0.1, 0.15) is 44.7 Å². The Morgan fingerprint density at radius 2 is 2.14 bits per heavy atom. The standard InChI is InChI=1S/C25H25ClN6O4/c1-32-10-14(8-30-32)6-21(34)15-2-5-18(20(26)7-15)23(35)19-9-27-24-22(19)25(29-13-28-24)31-16-3-4-17(11-33)36-12-16/h2,5,7-10,13,16-17,33H,3-4,6,11-12H2,1H3,(H2,27,28,29,31)/t16-,17+/m1/s1. The van der Waals surface area contributed by atoms with Gasteiger partial charge in [-0.15, -0.1) is 0 Å². The Bertz CT molecular complexity index is 1420. The lowest BCUT2D eigenvalue weighted by atomic mass is 9.99. The lowest BCUT2D eigenvalue weighted by Crippen LogP contribution is -2.36. The number of anilines is 1. The highest BCUT2D eigenvalue weighted by Crippen LogP contribution is 2.30. The number of ketones is 2. The van der Waals surface area contributed by atoms with Crippen molar-refractivity contribution in [3.8, 4) is 0 Å². The van der Waals surface area contributed by atoms with Gasteiger partial charge in [0.1, 0.15) is 17.8 Å².